The number of aromatic carboxylic acids is 1. The van der Waals surface area contributed by atoms with E-state index in [1.807, 2.05) is 66.0 Å². The molecular weight excluding hydrogens is 334 g/mol. The Labute approximate surface area is 147 Å². The molecule has 4 rings (SSSR count). The highest BCUT2D eigenvalue weighted by Crippen LogP contribution is 2.27. The number of carboxylic acid groups (broad SMARTS) is 1. The minimum Gasteiger partial charge on any atom is -0.477 e. The van der Waals surface area contributed by atoms with Crippen LogP contribution in [0.5, 0.6) is 0 Å². The van der Waals surface area contributed by atoms with Crippen molar-refractivity contribution in [1.29, 1.82) is 0 Å². The van der Waals surface area contributed by atoms with Crippen molar-refractivity contribution in [1.82, 2.24) is 14.8 Å². The van der Waals surface area contributed by atoms with E-state index in [1.54, 1.807) is 6.07 Å². The van der Waals surface area contributed by atoms with Crippen molar-refractivity contribution in [3.8, 4) is 27.6 Å². The van der Waals surface area contributed by atoms with Gasteiger partial charge in [-0.2, -0.15) is 9.78 Å². The van der Waals surface area contributed by atoms with Gasteiger partial charge in [0, 0.05) is 16.5 Å². The van der Waals surface area contributed by atoms with Gasteiger partial charge >= 0.3 is 5.97 Å². The lowest BCUT2D eigenvalue weighted by Gasteiger charge is -1.99. The lowest BCUT2D eigenvalue weighted by molar-refractivity contribution is 0.0687. The van der Waals surface area contributed by atoms with Crippen LogP contribution >= 0.6 is 11.3 Å². The summed E-state index contributed by atoms with van der Waals surface area (Å²) in [5.41, 5.74) is 3.34. The standard InChI is InChI=1S/C19H13N3O2S/c23-18(24)17-11-15(13-7-3-1-4-8-13)21-22(17)19-20-16(12-25-19)14-9-5-2-6-10-14/h1-12H,(H,23,24). The Kier molecular flexibility index (Phi) is 3.87. The highest BCUT2D eigenvalue weighted by molar-refractivity contribution is 7.12. The van der Waals surface area contributed by atoms with Crippen molar-refractivity contribution in [2.24, 2.45) is 0 Å². The zero-order valence-electron chi connectivity index (χ0n) is 13.0. The van der Waals surface area contributed by atoms with Gasteiger partial charge in [0.15, 0.2) is 5.69 Å². The minimum atomic E-state index is -1.04. The van der Waals surface area contributed by atoms with Crippen molar-refractivity contribution in [2.45, 2.75) is 0 Å². The summed E-state index contributed by atoms with van der Waals surface area (Å²) in [6.45, 7) is 0. The highest BCUT2D eigenvalue weighted by Gasteiger charge is 2.19. The molecule has 2 aromatic heterocycles. The molecule has 2 heterocycles. The largest absolute Gasteiger partial charge is 0.477 e. The van der Waals surface area contributed by atoms with Gasteiger partial charge in [-0.05, 0) is 6.07 Å². The van der Waals surface area contributed by atoms with Gasteiger partial charge in [0.05, 0.1) is 11.4 Å². The molecule has 6 heteroatoms. The second-order valence-electron chi connectivity index (χ2n) is 5.38. The maximum absolute atomic E-state index is 11.6. The molecule has 0 aliphatic rings. The first kappa shape index (κ1) is 15.3. The van der Waals surface area contributed by atoms with Crippen molar-refractivity contribution in [3.05, 3.63) is 77.8 Å². The van der Waals surface area contributed by atoms with Crippen LogP contribution in [0.25, 0.3) is 27.6 Å². The molecule has 0 aliphatic heterocycles. The molecule has 122 valence electrons. The van der Waals surface area contributed by atoms with E-state index in [9.17, 15) is 9.90 Å². The fourth-order valence-electron chi connectivity index (χ4n) is 2.53. The highest BCUT2D eigenvalue weighted by atomic mass is 32.1. The zero-order chi connectivity index (χ0) is 17.2. The maximum Gasteiger partial charge on any atom is 0.354 e. The lowest BCUT2D eigenvalue weighted by atomic mass is 10.1. The Bertz CT molecular complexity index is 1020. The Morgan fingerprint density at radius 2 is 1.52 bits per heavy atom. The molecule has 0 spiro atoms. The molecule has 4 aromatic rings. The average Bonchev–Trinajstić information content (AvgIpc) is 3.30. The number of carboxylic acids is 1. The molecular formula is C19H13N3O2S. The second-order valence-corrected chi connectivity index (χ2v) is 6.22. The Hall–Kier alpha value is -3.25. The third-order valence-corrected chi connectivity index (χ3v) is 4.56. The summed E-state index contributed by atoms with van der Waals surface area (Å²) in [7, 11) is 0. The quantitative estimate of drug-likeness (QED) is 0.595. The first-order chi connectivity index (χ1) is 12.2. The molecule has 0 bridgehead atoms. The summed E-state index contributed by atoms with van der Waals surface area (Å²) >= 11 is 1.36. The molecule has 0 aliphatic carbocycles. The third-order valence-electron chi connectivity index (χ3n) is 3.74. The number of hydrogen-bond acceptors (Lipinski definition) is 4. The molecule has 25 heavy (non-hydrogen) atoms. The van der Waals surface area contributed by atoms with Crippen LogP contribution in [0.3, 0.4) is 0 Å². The Morgan fingerprint density at radius 1 is 0.920 bits per heavy atom. The van der Waals surface area contributed by atoms with Crippen LogP contribution in [0.4, 0.5) is 0 Å². The number of carbonyl (C=O) groups is 1. The SMILES string of the molecule is O=C(O)c1cc(-c2ccccc2)nn1-c1nc(-c2ccccc2)cs1. The topological polar surface area (TPSA) is 68.0 Å². The predicted molar refractivity (Wildman–Crippen MR) is 97.1 cm³/mol. The van der Waals surface area contributed by atoms with Crippen LogP contribution in [0, 0.1) is 0 Å². The summed E-state index contributed by atoms with van der Waals surface area (Å²) in [6, 6.07) is 20.8. The van der Waals surface area contributed by atoms with E-state index in [2.05, 4.69) is 10.1 Å². The van der Waals surface area contributed by atoms with E-state index in [0.717, 1.165) is 16.8 Å². The molecule has 5 nitrogen and oxygen atoms in total. The van der Waals surface area contributed by atoms with Gasteiger partial charge in [0.1, 0.15) is 0 Å². The fraction of sp³-hybridized carbons (Fsp3) is 0. The smallest absolute Gasteiger partial charge is 0.354 e. The van der Waals surface area contributed by atoms with Crippen LogP contribution in [0.15, 0.2) is 72.1 Å². The van der Waals surface area contributed by atoms with Crippen molar-refractivity contribution < 1.29 is 9.90 Å². The Balaban J connectivity index is 1.79. The molecule has 0 fully saturated rings. The number of hydrogen-bond donors (Lipinski definition) is 1. The lowest BCUT2D eigenvalue weighted by Crippen LogP contribution is -2.07. The number of thiazole rings is 1. The Morgan fingerprint density at radius 3 is 2.12 bits per heavy atom. The molecule has 0 saturated heterocycles. The van der Waals surface area contributed by atoms with E-state index >= 15 is 0 Å². The second kappa shape index (κ2) is 6.33. The van der Waals surface area contributed by atoms with Crippen molar-refractivity contribution in [2.75, 3.05) is 0 Å². The van der Waals surface area contributed by atoms with E-state index in [1.165, 1.54) is 16.0 Å². The number of rotatable bonds is 4. The number of nitrogens with zero attached hydrogens (tertiary/aromatic N) is 3. The van der Waals surface area contributed by atoms with Gasteiger partial charge in [-0.3, -0.25) is 0 Å². The molecule has 0 unspecified atom stereocenters. The zero-order valence-corrected chi connectivity index (χ0v) is 13.9. The summed E-state index contributed by atoms with van der Waals surface area (Å²) in [5, 5.41) is 16.4. The number of benzene rings is 2. The van der Waals surface area contributed by atoms with Crippen molar-refractivity contribution in [3.63, 3.8) is 0 Å². The summed E-state index contributed by atoms with van der Waals surface area (Å²) in [6.07, 6.45) is 0. The maximum atomic E-state index is 11.6. The molecule has 2 aromatic carbocycles. The summed E-state index contributed by atoms with van der Waals surface area (Å²) < 4.78 is 1.39. The molecule has 0 amide bonds. The van der Waals surface area contributed by atoms with Gasteiger partial charge in [0.25, 0.3) is 0 Å². The van der Waals surface area contributed by atoms with E-state index in [0.29, 0.717) is 10.8 Å². The summed E-state index contributed by atoms with van der Waals surface area (Å²) in [5.74, 6) is -1.04. The fourth-order valence-corrected chi connectivity index (χ4v) is 3.33. The third kappa shape index (κ3) is 2.95. The van der Waals surface area contributed by atoms with Gasteiger partial charge in [-0.15, -0.1) is 11.3 Å². The summed E-state index contributed by atoms with van der Waals surface area (Å²) in [4.78, 5) is 16.2. The van der Waals surface area contributed by atoms with Gasteiger partial charge in [-0.25, -0.2) is 9.78 Å². The van der Waals surface area contributed by atoms with Crippen LogP contribution in [0.1, 0.15) is 10.5 Å². The number of aromatic nitrogens is 3. The first-order valence-electron chi connectivity index (χ1n) is 7.62. The van der Waals surface area contributed by atoms with E-state index < -0.39 is 5.97 Å². The van der Waals surface area contributed by atoms with Crippen LogP contribution in [0.2, 0.25) is 0 Å². The molecule has 1 N–H and O–H groups in total. The molecule has 0 radical (unpaired) electrons. The van der Waals surface area contributed by atoms with Gasteiger partial charge < -0.3 is 5.11 Å². The molecule has 0 saturated carbocycles. The van der Waals surface area contributed by atoms with E-state index in [-0.39, 0.29) is 5.69 Å². The van der Waals surface area contributed by atoms with Crippen molar-refractivity contribution >= 4 is 17.3 Å². The van der Waals surface area contributed by atoms with Gasteiger partial charge in [0.2, 0.25) is 5.13 Å². The van der Waals surface area contributed by atoms with Crippen LogP contribution in [-0.2, 0) is 0 Å². The van der Waals surface area contributed by atoms with Crippen LogP contribution in [-0.4, -0.2) is 25.8 Å². The predicted octanol–water partition coefficient (Wildman–Crippen LogP) is 4.36. The van der Waals surface area contributed by atoms with Crippen LogP contribution < -0.4 is 0 Å². The first-order valence-corrected chi connectivity index (χ1v) is 8.50. The monoisotopic (exact) mass is 347 g/mol. The molecule has 0 atom stereocenters. The average molecular weight is 347 g/mol. The van der Waals surface area contributed by atoms with E-state index in [4.69, 9.17) is 0 Å². The van der Waals surface area contributed by atoms with Gasteiger partial charge in [-0.1, -0.05) is 60.7 Å². The minimum absolute atomic E-state index is 0.0906. The normalized spacial score (nSPS) is 10.7.